The Morgan fingerprint density at radius 3 is 2.74 bits per heavy atom. The molecule has 1 N–H and O–H groups in total. The Hall–Kier alpha value is -3.79. The number of nitrogens with zero attached hydrogens (tertiary/aromatic N) is 6. The van der Waals surface area contributed by atoms with Gasteiger partial charge in [0.25, 0.3) is 5.91 Å². The lowest BCUT2D eigenvalue weighted by atomic mass is 9.93. The fourth-order valence-electron chi connectivity index (χ4n) is 4.54. The van der Waals surface area contributed by atoms with Crippen molar-refractivity contribution in [1.82, 2.24) is 29.3 Å². The number of anilines is 1. The molecule has 35 heavy (non-hydrogen) atoms. The van der Waals surface area contributed by atoms with E-state index in [1.54, 1.807) is 30.6 Å². The van der Waals surface area contributed by atoms with Gasteiger partial charge in [-0.05, 0) is 58.0 Å². The Kier molecular flexibility index (Phi) is 6.21. The third-order valence-corrected chi connectivity index (χ3v) is 6.55. The third-order valence-electron chi connectivity index (χ3n) is 6.55. The van der Waals surface area contributed by atoms with E-state index in [2.05, 4.69) is 34.1 Å². The van der Waals surface area contributed by atoms with Crippen LogP contribution in [0, 0.1) is 5.82 Å². The van der Waals surface area contributed by atoms with Gasteiger partial charge in [0.1, 0.15) is 22.8 Å². The molecule has 4 heterocycles. The lowest BCUT2D eigenvalue weighted by molar-refractivity contribution is 0.102. The maximum Gasteiger partial charge on any atom is 0.262 e. The van der Waals surface area contributed by atoms with Crippen LogP contribution in [0.1, 0.15) is 48.7 Å². The number of piperidine rings is 1. The number of likely N-dealkylation sites (tertiary alicyclic amines) is 1. The summed E-state index contributed by atoms with van der Waals surface area (Å²) in [6.45, 7) is 6.35. The van der Waals surface area contributed by atoms with Crippen LogP contribution in [0.3, 0.4) is 0 Å². The van der Waals surface area contributed by atoms with Crippen LogP contribution >= 0.6 is 0 Å². The zero-order chi connectivity index (χ0) is 24.5. The molecule has 0 aliphatic carbocycles. The third kappa shape index (κ3) is 4.49. The van der Waals surface area contributed by atoms with Gasteiger partial charge in [0.05, 0.1) is 19.0 Å². The van der Waals surface area contributed by atoms with E-state index in [1.165, 1.54) is 28.6 Å². The normalized spacial score (nSPS) is 15.1. The van der Waals surface area contributed by atoms with E-state index in [0.29, 0.717) is 28.8 Å². The highest BCUT2D eigenvalue weighted by Gasteiger charge is 2.26. The number of ether oxygens (including phenoxy) is 1. The van der Waals surface area contributed by atoms with Gasteiger partial charge in [-0.15, -0.1) is 0 Å². The predicted molar refractivity (Wildman–Crippen MR) is 130 cm³/mol. The minimum Gasteiger partial charge on any atom is -0.497 e. The molecule has 0 atom stereocenters. The number of hydrogen-bond acceptors (Lipinski definition) is 6. The number of methoxy groups -OCH3 is 1. The number of benzene rings is 1. The highest BCUT2D eigenvalue weighted by molar-refractivity contribution is 6.07. The molecule has 0 saturated carbocycles. The van der Waals surface area contributed by atoms with Crippen LogP contribution in [-0.2, 0) is 0 Å². The summed E-state index contributed by atoms with van der Waals surface area (Å²) in [6.07, 6.45) is 6.69. The molecule has 1 saturated heterocycles. The molecule has 0 radical (unpaired) electrons. The first kappa shape index (κ1) is 23.0. The molecule has 3 aromatic heterocycles. The lowest BCUT2D eigenvalue weighted by Gasteiger charge is -2.33. The molecule has 1 aliphatic rings. The van der Waals surface area contributed by atoms with Gasteiger partial charge in [-0.1, -0.05) is 0 Å². The van der Waals surface area contributed by atoms with Gasteiger partial charge in [-0.25, -0.2) is 18.6 Å². The monoisotopic (exact) mass is 477 g/mol. The van der Waals surface area contributed by atoms with Crippen molar-refractivity contribution in [2.75, 3.05) is 25.5 Å². The van der Waals surface area contributed by atoms with Crippen LogP contribution < -0.4 is 10.1 Å². The molecule has 0 spiro atoms. The fraction of sp³-hybridized carbons (Fsp3) is 0.360. The van der Waals surface area contributed by atoms with Crippen molar-refractivity contribution in [3.8, 4) is 11.4 Å². The number of rotatable bonds is 6. The first-order valence-electron chi connectivity index (χ1n) is 11.7. The van der Waals surface area contributed by atoms with Gasteiger partial charge in [0.15, 0.2) is 11.5 Å². The molecular formula is C25H28FN7O2. The second-order valence-corrected chi connectivity index (χ2v) is 8.99. The number of carbonyl (C=O) groups excluding carboxylic acids is 1. The zero-order valence-electron chi connectivity index (χ0n) is 20.0. The van der Waals surface area contributed by atoms with Gasteiger partial charge in [0.2, 0.25) is 0 Å². The highest BCUT2D eigenvalue weighted by Crippen LogP contribution is 2.32. The Balaban J connectivity index is 1.49. The van der Waals surface area contributed by atoms with Crippen LogP contribution in [0.5, 0.6) is 5.75 Å². The number of hydrogen-bond donors (Lipinski definition) is 1. The molecule has 10 heteroatoms. The molecule has 1 amide bonds. The fourth-order valence-corrected chi connectivity index (χ4v) is 4.54. The van der Waals surface area contributed by atoms with Crippen molar-refractivity contribution in [2.24, 2.45) is 0 Å². The molecule has 1 fully saturated rings. The summed E-state index contributed by atoms with van der Waals surface area (Å²) in [5, 5.41) is 11.8. The summed E-state index contributed by atoms with van der Waals surface area (Å²) in [6, 6.07) is 8.64. The van der Waals surface area contributed by atoms with Crippen molar-refractivity contribution in [3.63, 3.8) is 0 Å². The predicted octanol–water partition coefficient (Wildman–Crippen LogP) is 3.90. The zero-order valence-corrected chi connectivity index (χ0v) is 20.0. The van der Waals surface area contributed by atoms with Crippen molar-refractivity contribution < 1.29 is 13.9 Å². The minimum atomic E-state index is -0.498. The van der Waals surface area contributed by atoms with E-state index in [-0.39, 0.29) is 11.6 Å². The van der Waals surface area contributed by atoms with Crippen LogP contribution in [0.15, 0.2) is 48.9 Å². The quantitative estimate of drug-likeness (QED) is 0.453. The SMILES string of the molecule is COc1ccc(-n2nc(C3CCN(C(C)C)CC3)cc2NC(=O)c2cnn3cccnc23)c(F)c1. The average Bonchev–Trinajstić information content (AvgIpc) is 3.48. The number of aromatic nitrogens is 5. The van der Waals surface area contributed by atoms with Gasteiger partial charge >= 0.3 is 0 Å². The smallest absolute Gasteiger partial charge is 0.262 e. The molecule has 1 aromatic carbocycles. The van der Waals surface area contributed by atoms with Crippen molar-refractivity contribution in [2.45, 2.75) is 38.6 Å². The summed E-state index contributed by atoms with van der Waals surface area (Å²) in [4.78, 5) is 19.9. The van der Waals surface area contributed by atoms with Crippen molar-refractivity contribution >= 4 is 17.4 Å². The molecule has 182 valence electrons. The number of carbonyl (C=O) groups is 1. The highest BCUT2D eigenvalue weighted by atomic mass is 19.1. The Labute approximate surface area is 202 Å². The van der Waals surface area contributed by atoms with E-state index in [9.17, 15) is 4.79 Å². The molecule has 1 aliphatic heterocycles. The Bertz CT molecular complexity index is 1360. The van der Waals surface area contributed by atoms with Crippen LogP contribution in [0.2, 0.25) is 0 Å². The second-order valence-electron chi connectivity index (χ2n) is 8.99. The minimum absolute atomic E-state index is 0.224. The molecule has 9 nitrogen and oxygen atoms in total. The van der Waals surface area contributed by atoms with Crippen LogP contribution in [0.25, 0.3) is 11.3 Å². The standard InChI is InChI=1S/C25H28FN7O2/c1-16(2)31-11-7-17(8-12-31)21-14-23(33(30-21)22-6-5-18(35-3)13-20(22)26)29-25(34)19-15-28-32-10-4-9-27-24(19)32/h4-6,9-10,13-17H,7-8,11-12H2,1-3H3,(H,29,34). The number of amides is 1. The van der Waals surface area contributed by atoms with E-state index in [0.717, 1.165) is 31.6 Å². The van der Waals surface area contributed by atoms with Crippen molar-refractivity contribution in [3.05, 3.63) is 66.0 Å². The number of nitrogens with one attached hydrogen (secondary N) is 1. The van der Waals surface area contributed by atoms with Crippen LogP contribution in [-0.4, -0.2) is 61.4 Å². The molecule has 5 rings (SSSR count). The molecule has 0 bridgehead atoms. The van der Waals surface area contributed by atoms with E-state index >= 15 is 4.39 Å². The maximum absolute atomic E-state index is 15.0. The van der Waals surface area contributed by atoms with E-state index < -0.39 is 11.7 Å². The molecule has 4 aromatic rings. The average molecular weight is 478 g/mol. The van der Waals surface area contributed by atoms with Gasteiger partial charge in [-0.2, -0.15) is 10.2 Å². The van der Waals surface area contributed by atoms with Gasteiger partial charge in [-0.3, -0.25) is 4.79 Å². The Morgan fingerprint density at radius 1 is 1.23 bits per heavy atom. The second kappa shape index (κ2) is 9.46. The first-order valence-corrected chi connectivity index (χ1v) is 11.7. The summed E-state index contributed by atoms with van der Waals surface area (Å²) < 4.78 is 23.2. The number of fused-ring (bicyclic) bond motifs is 1. The van der Waals surface area contributed by atoms with Crippen LogP contribution in [0.4, 0.5) is 10.2 Å². The summed E-state index contributed by atoms with van der Waals surface area (Å²) >= 11 is 0. The Morgan fingerprint density at radius 2 is 2.03 bits per heavy atom. The summed E-state index contributed by atoms with van der Waals surface area (Å²) in [5.41, 5.74) is 1.81. The van der Waals surface area contributed by atoms with Crippen molar-refractivity contribution in [1.29, 1.82) is 0 Å². The lowest BCUT2D eigenvalue weighted by Crippen LogP contribution is -2.37. The first-order chi connectivity index (χ1) is 16.9. The summed E-state index contributed by atoms with van der Waals surface area (Å²) in [5.74, 6) is 0.122. The maximum atomic E-state index is 15.0. The topological polar surface area (TPSA) is 89.6 Å². The van der Waals surface area contributed by atoms with Gasteiger partial charge < -0.3 is 15.0 Å². The van der Waals surface area contributed by atoms with E-state index in [1.807, 2.05) is 6.07 Å². The molecule has 0 unspecified atom stereocenters. The van der Waals surface area contributed by atoms with E-state index in [4.69, 9.17) is 9.84 Å². The largest absolute Gasteiger partial charge is 0.497 e. The van der Waals surface area contributed by atoms with Gasteiger partial charge in [0, 0.05) is 36.5 Å². The molecular weight excluding hydrogens is 449 g/mol. The number of halogens is 1. The summed E-state index contributed by atoms with van der Waals surface area (Å²) in [7, 11) is 1.49.